The van der Waals surface area contributed by atoms with Gasteiger partial charge in [-0.2, -0.15) is 0 Å². The Morgan fingerprint density at radius 1 is 1.07 bits per heavy atom. The maximum atomic E-state index is 13.8. The number of aliphatic carboxylic acids is 1. The molecule has 0 aliphatic rings. The molecule has 1 atom stereocenters. The molecule has 0 fully saturated rings. The minimum absolute atomic E-state index is 0.00473. The van der Waals surface area contributed by atoms with E-state index in [1.807, 2.05) is 0 Å². The summed E-state index contributed by atoms with van der Waals surface area (Å²) in [5.41, 5.74) is 0.119. The summed E-state index contributed by atoms with van der Waals surface area (Å²) in [5.74, 6) is -1.11. The molecule has 2 rings (SSSR count). The van der Waals surface area contributed by atoms with E-state index in [1.54, 1.807) is 31.4 Å². The normalized spacial score (nSPS) is 11.4. The summed E-state index contributed by atoms with van der Waals surface area (Å²) in [5, 5.41) is 11.7. The maximum Gasteiger partial charge on any atom is 0.330 e. The highest BCUT2D eigenvalue weighted by molar-refractivity contribution is 5.84. The smallest absolute Gasteiger partial charge is 0.330 e. The lowest BCUT2D eigenvalue weighted by Gasteiger charge is -2.16. The van der Waals surface area contributed by atoms with Crippen LogP contribution in [0.5, 0.6) is 17.2 Å². The Bertz CT molecular complexity index is 809. The van der Waals surface area contributed by atoms with Crippen molar-refractivity contribution in [2.75, 3.05) is 20.8 Å². The largest absolute Gasteiger partial charge is 0.497 e. The van der Waals surface area contributed by atoms with Gasteiger partial charge in [0.2, 0.25) is 5.91 Å². The zero-order valence-electron chi connectivity index (χ0n) is 15.6. The Morgan fingerprint density at radius 3 is 2.32 bits per heavy atom. The Morgan fingerprint density at radius 2 is 1.75 bits per heavy atom. The minimum Gasteiger partial charge on any atom is -0.497 e. The molecule has 7 nitrogen and oxygen atoms in total. The van der Waals surface area contributed by atoms with Gasteiger partial charge >= 0.3 is 5.97 Å². The van der Waals surface area contributed by atoms with E-state index in [0.29, 0.717) is 17.9 Å². The van der Waals surface area contributed by atoms with Gasteiger partial charge in [0.1, 0.15) is 11.5 Å². The number of carboxylic acids is 1. The second kappa shape index (κ2) is 10.1. The van der Waals surface area contributed by atoms with Crippen LogP contribution in [0.4, 0.5) is 4.39 Å². The first-order valence-electron chi connectivity index (χ1n) is 8.57. The second-order valence-electron chi connectivity index (χ2n) is 5.86. The van der Waals surface area contributed by atoms with E-state index in [9.17, 15) is 19.1 Å². The van der Waals surface area contributed by atoms with Crippen LogP contribution in [0.2, 0.25) is 0 Å². The van der Waals surface area contributed by atoms with E-state index in [1.165, 1.54) is 19.2 Å². The zero-order valence-corrected chi connectivity index (χ0v) is 15.6. The van der Waals surface area contributed by atoms with Crippen LogP contribution in [0, 0.1) is 5.82 Å². The van der Waals surface area contributed by atoms with Gasteiger partial charge in [-0.15, -0.1) is 0 Å². The number of amides is 1. The predicted octanol–water partition coefficient (Wildman–Crippen LogP) is 2.94. The van der Waals surface area contributed by atoms with Crippen molar-refractivity contribution in [2.24, 2.45) is 0 Å². The van der Waals surface area contributed by atoms with Crippen LogP contribution in [0.25, 0.3) is 0 Å². The van der Waals surface area contributed by atoms with E-state index >= 15 is 0 Å². The number of halogens is 1. The van der Waals surface area contributed by atoms with Crippen LogP contribution in [-0.4, -0.2) is 37.8 Å². The third kappa shape index (κ3) is 5.87. The molecule has 0 saturated carbocycles. The molecule has 0 aliphatic carbocycles. The van der Waals surface area contributed by atoms with E-state index < -0.39 is 23.7 Å². The van der Waals surface area contributed by atoms with Crippen molar-refractivity contribution in [3.63, 3.8) is 0 Å². The summed E-state index contributed by atoms with van der Waals surface area (Å²) in [7, 11) is 2.88. The van der Waals surface area contributed by atoms with Gasteiger partial charge in [0.25, 0.3) is 0 Å². The fourth-order valence-corrected chi connectivity index (χ4v) is 2.48. The van der Waals surface area contributed by atoms with E-state index in [2.05, 4.69) is 5.32 Å². The molecule has 0 saturated heterocycles. The SMILES string of the molecule is COc1ccc(OCCCC(=O)NC(C(=O)O)c2ccc(OC)c(F)c2)cc1. The van der Waals surface area contributed by atoms with E-state index in [4.69, 9.17) is 14.2 Å². The molecule has 0 bridgehead atoms. The van der Waals surface area contributed by atoms with Gasteiger partial charge in [0.05, 0.1) is 20.8 Å². The van der Waals surface area contributed by atoms with Gasteiger partial charge in [-0.05, 0) is 48.4 Å². The lowest BCUT2D eigenvalue weighted by atomic mass is 10.1. The molecule has 0 spiro atoms. The van der Waals surface area contributed by atoms with Gasteiger partial charge in [-0.25, -0.2) is 9.18 Å². The molecule has 2 aromatic rings. The summed E-state index contributed by atoms with van der Waals surface area (Å²) in [6, 6.07) is 9.40. The van der Waals surface area contributed by atoms with Crippen molar-refractivity contribution in [3.05, 3.63) is 53.8 Å². The molecule has 0 aliphatic heterocycles. The number of rotatable bonds is 10. The van der Waals surface area contributed by atoms with Crippen molar-refractivity contribution >= 4 is 11.9 Å². The van der Waals surface area contributed by atoms with Crippen molar-refractivity contribution in [1.82, 2.24) is 5.32 Å². The molecule has 0 radical (unpaired) electrons. The Hall–Kier alpha value is -3.29. The summed E-state index contributed by atoms with van der Waals surface area (Å²) < 4.78 is 29.2. The van der Waals surface area contributed by atoms with Gasteiger partial charge in [-0.3, -0.25) is 4.79 Å². The zero-order chi connectivity index (χ0) is 20.5. The van der Waals surface area contributed by atoms with Crippen LogP contribution in [0.1, 0.15) is 24.4 Å². The molecule has 1 unspecified atom stereocenters. The molecule has 28 heavy (non-hydrogen) atoms. The summed E-state index contributed by atoms with van der Waals surface area (Å²) in [4.78, 5) is 23.5. The minimum atomic E-state index is -1.35. The van der Waals surface area contributed by atoms with E-state index in [-0.39, 0.29) is 24.3 Å². The number of hydrogen-bond acceptors (Lipinski definition) is 5. The first-order valence-corrected chi connectivity index (χ1v) is 8.57. The average molecular weight is 391 g/mol. The molecule has 0 aromatic heterocycles. The highest BCUT2D eigenvalue weighted by atomic mass is 19.1. The maximum absolute atomic E-state index is 13.8. The molecular weight excluding hydrogens is 369 g/mol. The Kier molecular flexibility index (Phi) is 7.62. The lowest BCUT2D eigenvalue weighted by molar-refractivity contribution is -0.142. The third-order valence-corrected chi connectivity index (χ3v) is 3.94. The molecule has 150 valence electrons. The standard InChI is InChI=1S/C20H22FNO6/c1-26-14-6-8-15(9-7-14)28-11-3-4-18(23)22-19(20(24)25)13-5-10-17(27-2)16(21)12-13/h5-10,12,19H,3-4,11H2,1-2H3,(H,22,23)(H,24,25). The van der Waals surface area contributed by atoms with Gasteiger partial charge < -0.3 is 24.6 Å². The number of carbonyl (C=O) groups excluding carboxylic acids is 1. The van der Waals surface area contributed by atoms with Gasteiger partial charge in [0, 0.05) is 6.42 Å². The van der Waals surface area contributed by atoms with Gasteiger partial charge in [0.15, 0.2) is 17.6 Å². The lowest BCUT2D eigenvalue weighted by Crippen LogP contribution is -2.33. The Labute approximate surface area is 162 Å². The first kappa shape index (κ1) is 21.0. The number of hydrogen-bond donors (Lipinski definition) is 2. The summed E-state index contributed by atoms with van der Waals surface area (Å²) in [6.07, 6.45) is 0.458. The summed E-state index contributed by atoms with van der Waals surface area (Å²) >= 11 is 0. The van der Waals surface area contributed by atoms with Crippen LogP contribution < -0.4 is 19.5 Å². The highest BCUT2D eigenvalue weighted by Gasteiger charge is 2.23. The fourth-order valence-electron chi connectivity index (χ4n) is 2.48. The van der Waals surface area contributed by atoms with Crippen LogP contribution in [0.3, 0.4) is 0 Å². The summed E-state index contributed by atoms with van der Waals surface area (Å²) in [6.45, 7) is 0.286. The van der Waals surface area contributed by atoms with Gasteiger partial charge in [-0.1, -0.05) is 6.07 Å². The number of ether oxygens (including phenoxy) is 3. The van der Waals surface area contributed by atoms with Crippen LogP contribution in [0.15, 0.2) is 42.5 Å². The van der Waals surface area contributed by atoms with E-state index in [0.717, 1.165) is 6.07 Å². The number of benzene rings is 2. The number of methoxy groups -OCH3 is 2. The van der Waals surface area contributed by atoms with Crippen molar-refractivity contribution < 1.29 is 33.3 Å². The second-order valence-corrected chi connectivity index (χ2v) is 5.86. The van der Waals surface area contributed by atoms with Crippen molar-refractivity contribution in [1.29, 1.82) is 0 Å². The van der Waals surface area contributed by atoms with Crippen LogP contribution >= 0.6 is 0 Å². The first-order chi connectivity index (χ1) is 13.4. The quantitative estimate of drug-likeness (QED) is 0.605. The number of nitrogens with one attached hydrogen (secondary N) is 1. The number of carbonyl (C=O) groups is 2. The monoisotopic (exact) mass is 391 g/mol. The number of carboxylic acid groups (broad SMARTS) is 1. The van der Waals surface area contributed by atoms with Crippen LogP contribution in [-0.2, 0) is 9.59 Å². The molecule has 0 heterocycles. The molecular formula is C20H22FNO6. The molecule has 1 amide bonds. The Balaban J connectivity index is 1.85. The predicted molar refractivity (Wildman–Crippen MR) is 99.2 cm³/mol. The molecule has 8 heteroatoms. The fraction of sp³-hybridized carbons (Fsp3) is 0.300. The highest BCUT2D eigenvalue weighted by Crippen LogP contribution is 2.22. The van der Waals surface area contributed by atoms with Crippen molar-refractivity contribution in [3.8, 4) is 17.2 Å². The molecule has 2 aromatic carbocycles. The van der Waals surface area contributed by atoms with Crippen molar-refractivity contribution in [2.45, 2.75) is 18.9 Å². The topological polar surface area (TPSA) is 94.1 Å². The third-order valence-electron chi connectivity index (χ3n) is 3.94. The average Bonchev–Trinajstić information content (AvgIpc) is 2.69. The molecule has 2 N–H and O–H groups in total.